The number of ether oxygens (including phenoxy) is 2. The molecule has 0 unspecified atom stereocenters. The van der Waals surface area contributed by atoms with E-state index in [2.05, 4.69) is 0 Å². The average molecular weight is 431 g/mol. The molecular weight excluding hydrogens is 408 g/mol. The number of para-hydroxylation sites is 1. The Labute approximate surface area is 176 Å². The summed E-state index contributed by atoms with van der Waals surface area (Å²) in [7, 11) is 0. The van der Waals surface area contributed by atoms with Gasteiger partial charge in [-0.15, -0.1) is 11.3 Å². The number of fused-ring (bicyclic) bond motifs is 3. The Hall–Kier alpha value is -2.16. The average Bonchev–Trinajstić information content (AvgIpc) is 3.04. The van der Waals surface area contributed by atoms with Crippen molar-refractivity contribution in [1.29, 1.82) is 0 Å². The molecule has 152 valence electrons. The predicted octanol–water partition coefficient (Wildman–Crippen LogP) is 3.95. The van der Waals surface area contributed by atoms with Gasteiger partial charge in [-0.25, -0.2) is 4.98 Å². The molecule has 0 bridgehead atoms. The van der Waals surface area contributed by atoms with Gasteiger partial charge in [0, 0.05) is 11.3 Å². The molecule has 0 N–H and O–H groups in total. The van der Waals surface area contributed by atoms with Gasteiger partial charge in [0.1, 0.15) is 4.83 Å². The first-order chi connectivity index (χ1) is 13.9. The summed E-state index contributed by atoms with van der Waals surface area (Å²) in [5.41, 5.74) is 1.33. The molecule has 1 aromatic carbocycles. The van der Waals surface area contributed by atoms with E-state index in [0.29, 0.717) is 35.0 Å². The van der Waals surface area contributed by atoms with E-state index in [-0.39, 0.29) is 22.9 Å². The Morgan fingerprint density at radius 3 is 2.83 bits per heavy atom. The molecule has 1 aliphatic heterocycles. The zero-order chi connectivity index (χ0) is 20.6. The van der Waals surface area contributed by atoms with Crippen LogP contribution in [-0.4, -0.2) is 33.5 Å². The minimum absolute atomic E-state index is 0.0971. The van der Waals surface area contributed by atoms with Crippen LogP contribution in [0.25, 0.3) is 15.9 Å². The number of thiophene rings is 1. The second-order valence-corrected chi connectivity index (χ2v) is 9.40. The monoisotopic (exact) mass is 430 g/mol. The normalized spacial score (nSPS) is 15.3. The molecule has 0 saturated carbocycles. The van der Waals surface area contributed by atoms with Crippen LogP contribution in [0.5, 0.6) is 0 Å². The van der Waals surface area contributed by atoms with Crippen LogP contribution >= 0.6 is 23.1 Å². The summed E-state index contributed by atoms with van der Waals surface area (Å²) < 4.78 is 12.5. The van der Waals surface area contributed by atoms with Gasteiger partial charge in [-0.2, -0.15) is 0 Å². The summed E-state index contributed by atoms with van der Waals surface area (Å²) >= 11 is 2.72. The van der Waals surface area contributed by atoms with Crippen LogP contribution in [0.15, 0.2) is 40.3 Å². The lowest BCUT2D eigenvalue weighted by molar-refractivity contribution is -0.139. The third kappa shape index (κ3) is 3.97. The van der Waals surface area contributed by atoms with Gasteiger partial charge in [0.25, 0.3) is 5.56 Å². The molecule has 3 aromatic rings. The van der Waals surface area contributed by atoms with Gasteiger partial charge in [0.2, 0.25) is 0 Å². The lowest BCUT2D eigenvalue weighted by atomic mass is 9.94. The molecule has 0 saturated heterocycles. The fraction of sp³-hybridized carbons (Fsp3) is 0.381. The number of thioether (sulfide) groups is 1. The van der Waals surface area contributed by atoms with Crippen molar-refractivity contribution in [2.75, 3.05) is 12.4 Å². The Kier molecular flexibility index (Phi) is 5.50. The molecule has 0 amide bonds. The van der Waals surface area contributed by atoms with Crippen molar-refractivity contribution in [1.82, 2.24) is 9.55 Å². The van der Waals surface area contributed by atoms with E-state index in [1.54, 1.807) is 11.5 Å². The fourth-order valence-electron chi connectivity index (χ4n) is 3.40. The van der Waals surface area contributed by atoms with Crippen LogP contribution in [0, 0.1) is 0 Å². The zero-order valence-corrected chi connectivity index (χ0v) is 18.2. The smallest absolute Gasteiger partial charge is 0.316 e. The van der Waals surface area contributed by atoms with E-state index in [4.69, 9.17) is 14.5 Å². The minimum Gasteiger partial charge on any atom is -0.465 e. The van der Waals surface area contributed by atoms with E-state index >= 15 is 0 Å². The molecular formula is C21H22N2O4S2. The maximum atomic E-state index is 13.6. The van der Waals surface area contributed by atoms with Gasteiger partial charge in [-0.3, -0.25) is 14.2 Å². The molecule has 0 fully saturated rings. The third-order valence-corrected chi connectivity index (χ3v) is 6.72. The van der Waals surface area contributed by atoms with Crippen LogP contribution in [0.4, 0.5) is 0 Å². The number of aromatic nitrogens is 2. The lowest BCUT2D eigenvalue weighted by Crippen LogP contribution is -2.32. The van der Waals surface area contributed by atoms with Crippen LogP contribution in [0.2, 0.25) is 0 Å². The third-order valence-electron chi connectivity index (χ3n) is 4.71. The van der Waals surface area contributed by atoms with Gasteiger partial charge < -0.3 is 9.47 Å². The summed E-state index contributed by atoms with van der Waals surface area (Å²) in [5.74, 6) is -0.230. The highest BCUT2D eigenvalue weighted by molar-refractivity contribution is 7.99. The summed E-state index contributed by atoms with van der Waals surface area (Å²) in [6, 6.07) is 9.40. The number of benzene rings is 1. The van der Waals surface area contributed by atoms with E-state index in [1.807, 2.05) is 44.2 Å². The molecule has 0 radical (unpaired) electrons. The molecule has 3 heterocycles. The number of hydrogen-bond acceptors (Lipinski definition) is 7. The standard InChI is InChI=1S/C21H22N2O4S2/c1-4-26-16(24)12-28-20-22-18-17(14-10-21(2,3)27-11-15(14)29-18)19(25)23(20)13-8-6-5-7-9-13/h5-9H,4,10-12H2,1-3H3. The lowest BCUT2D eigenvalue weighted by Gasteiger charge is -2.29. The van der Waals surface area contributed by atoms with Gasteiger partial charge in [-0.1, -0.05) is 30.0 Å². The van der Waals surface area contributed by atoms with Crippen molar-refractivity contribution in [2.45, 2.75) is 44.6 Å². The van der Waals surface area contributed by atoms with Crippen molar-refractivity contribution in [2.24, 2.45) is 0 Å². The van der Waals surface area contributed by atoms with Crippen molar-refractivity contribution >= 4 is 39.3 Å². The summed E-state index contributed by atoms with van der Waals surface area (Å²) in [5, 5.41) is 1.14. The second-order valence-electron chi connectivity index (χ2n) is 7.37. The first kappa shape index (κ1) is 20.1. The quantitative estimate of drug-likeness (QED) is 0.347. The van der Waals surface area contributed by atoms with Crippen molar-refractivity contribution in [3.63, 3.8) is 0 Å². The fourth-order valence-corrected chi connectivity index (χ4v) is 5.36. The number of rotatable bonds is 5. The highest BCUT2D eigenvalue weighted by Crippen LogP contribution is 2.37. The predicted molar refractivity (Wildman–Crippen MR) is 115 cm³/mol. The first-order valence-electron chi connectivity index (χ1n) is 9.44. The number of esters is 1. The van der Waals surface area contributed by atoms with Crippen LogP contribution in [-0.2, 0) is 27.3 Å². The van der Waals surface area contributed by atoms with Crippen LogP contribution < -0.4 is 5.56 Å². The molecule has 0 spiro atoms. The van der Waals surface area contributed by atoms with E-state index in [9.17, 15) is 9.59 Å². The highest BCUT2D eigenvalue weighted by atomic mass is 32.2. The Morgan fingerprint density at radius 2 is 2.10 bits per heavy atom. The first-order valence-corrected chi connectivity index (χ1v) is 11.2. The molecule has 0 aliphatic carbocycles. The Balaban J connectivity index is 1.88. The number of hydrogen-bond donors (Lipinski definition) is 0. The molecule has 4 rings (SSSR count). The number of nitrogens with zero attached hydrogens (tertiary/aromatic N) is 2. The van der Waals surface area contributed by atoms with E-state index in [0.717, 1.165) is 16.1 Å². The number of carbonyl (C=O) groups is 1. The maximum Gasteiger partial charge on any atom is 0.316 e. The highest BCUT2D eigenvalue weighted by Gasteiger charge is 2.31. The van der Waals surface area contributed by atoms with Crippen LogP contribution in [0.1, 0.15) is 31.2 Å². The van der Waals surface area contributed by atoms with Gasteiger partial charge in [0.05, 0.1) is 35.6 Å². The molecule has 1 aliphatic rings. The largest absolute Gasteiger partial charge is 0.465 e. The van der Waals surface area contributed by atoms with Crippen molar-refractivity contribution < 1.29 is 14.3 Å². The van der Waals surface area contributed by atoms with E-state index in [1.165, 1.54) is 23.1 Å². The van der Waals surface area contributed by atoms with E-state index < -0.39 is 0 Å². The Bertz CT molecular complexity index is 1120. The summed E-state index contributed by atoms with van der Waals surface area (Å²) in [6.45, 7) is 6.65. The molecule has 0 atom stereocenters. The molecule has 8 heteroatoms. The minimum atomic E-state index is -0.327. The van der Waals surface area contributed by atoms with Gasteiger partial charge in [0.15, 0.2) is 5.16 Å². The van der Waals surface area contributed by atoms with Crippen molar-refractivity contribution in [3.8, 4) is 5.69 Å². The zero-order valence-electron chi connectivity index (χ0n) is 16.6. The SMILES string of the molecule is CCOC(=O)CSc1nc2sc3c(c2c(=O)n1-c1ccccc1)CC(C)(C)OC3. The van der Waals surface area contributed by atoms with Gasteiger partial charge >= 0.3 is 5.97 Å². The maximum absolute atomic E-state index is 13.6. The molecule has 2 aromatic heterocycles. The molecule has 29 heavy (non-hydrogen) atoms. The summed E-state index contributed by atoms with van der Waals surface area (Å²) in [4.78, 5) is 32.0. The van der Waals surface area contributed by atoms with Crippen molar-refractivity contribution in [3.05, 3.63) is 51.1 Å². The Morgan fingerprint density at radius 1 is 1.34 bits per heavy atom. The van der Waals surface area contributed by atoms with Gasteiger partial charge in [-0.05, 0) is 38.5 Å². The molecule has 6 nitrogen and oxygen atoms in total. The second kappa shape index (κ2) is 7.93. The number of carbonyl (C=O) groups excluding carboxylic acids is 1. The van der Waals surface area contributed by atoms with Crippen LogP contribution in [0.3, 0.4) is 0 Å². The topological polar surface area (TPSA) is 70.4 Å². The summed E-state index contributed by atoms with van der Waals surface area (Å²) in [6.07, 6.45) is 0.670.